The maximum Gasteiger partial charge on any atom is 0.231 e. The normalized spacial score (nSPS) is 14.3. The van der Waals surface area contributed by atoms with Gasteiger partial charge in [0.2, 0.25) is 6.79 Å². The van der Waals surface area contributed by atoms with Gasteiger partial charge in [0, 0.05) is 44.5 Å². The molecule has 0 aliphatic carbocycles. The van der Waals surface area contributed by atoms with Gasteiger partial charge in [-0.05, 0) is 49.6 Å². The number of aliphatic imine (C=N–C) groups is 1. The standard InChI is InChI=1S/C24H31N3O5.HI/c1-2-28-12-3-10-25-24(26-11-9-18-5-7-21-22(15-18)32-17-31-21)27-19-6-8-20-23(16-19)30-14-4-13-29-20;/h5-8,15-16H,2-4,9-14,17H2,1H3,(H2,25,26,27);1H. The Hall–Kier alpha value is -2.40. The van der Waals surface area contributed by atoms with Crippen LogP contribution in [0.3, 0.4) is 0 Å². The average molecular weight is 569 g/mol. The molecule has 0 amide bonds. The van der Waals surface area contributed by atoms with Crippen LogP contribution in [0, 0.1) is 0 Å². The number of guanidine groups is 1. The van der Waals surface area contributed by atoms with Crippen molar-refractivity contribution in [3.63, 3.8) is 0 Å². The minimum absolute atomic E-state index is 0. The number of ether oxygens (including phenoxy) is 5. The van der Waals surface area contributed by atoms with E-state index in [1.54, 1.807) is 0 Å². The number of anilines is 1. The third-order valence-electron chi connectivity index (χ3n) is 5.07. The molecule has 0 fully saturated rings. The topological polar surface area (TPSA) is 82.6 Å². The highest BCUT2D eigenvalue weighted by atomic mass is 127. The second kappa shape index (κ2) is 13.3. The van der Waals surface area contributed by atoms with Crippen LogP contribution in [0.5, 0.6) is 23.0 Å². The van der Waals surface area contributed by atoms with Crippen LogP contribution in [0.1, 0.15) is 25.3 Å². The Bertz CT molecular complexity index is 925. The molecule has 0 radical (unpaired) electrons. The smallest absolute Gasteiger partial charge is 0.231 e. The highest BCUT2D eigenvalue weighted by Crippen LogP contribution is 2.33. The van der Waals surface area contributed by atoms with E-state index in [0.29, 0.717) is 26.4 Å². The third-order valence-corrected chi connectivity index (χ3v) is 5.07. The lowest BCUT2D eigenvalue weighted by molar-refractivity contribution is 0.146. The van der Waals surface area contributed by atoms with Gasteiger partial charge in [0.25, 0.3) is 0 Å². The van der Waals surface area contributed by atoms with Crippen molar-refractivity contribution in [2.45, 2.75) is 26.2 Å². The van der Waals surface area contributed by atoms with Gasteiger partial charge < -0.3 is 34.3 Å². The van der Waals surface area contributed by atoms with Crippen LogP contribution in [0.2, 0.25) is 0 Å². The van der Waals surface area contributed by atoms with Gasteiger partial charge >= 0.3 is 0 Å². The zero-order valence-electron chi connectivity index (χ0n) is 18.9. The van der Waals surface area contributed by atoms with Crippen LogP contribution < -0.4 is 29.6 Å². The summed E-state index contributed by atoms with van der Waals surface area (Å²) in [7, 11) is 0. The van der Waals surface area contributed by atoms with Crippen molar-refractivity contribution < 1.29 is 23.7 Å². The highest BCUT2D eigenvalue weighted by molar-refractivity contribution is 14.0. The minimum Gasteiger partial charge on any atom is -0.490 e. The van der Waals surface area contributed by atoms with E-state index in [2.05, 4.69) is 16.7 Å². The summed E-state index contributed by atoms with van der Waals surface area (Å²) < 4.78 is 27.8. The van der Waals surface area contributed by atoms with E-state index < -0.39 is 0 Å². The molecular weight excluding hydrogens is 537 g/mol. The Kier molecular flexibility index (Phi) is 10.2. The Morgan fingerprint density at radius 3 is 2.61 bits per heavy atom. The van der Waals surface area contributed by atoms with E-state index in [1.165, 1.54) is 5.56 Å². The van der Waals surface area contributed by atoms with Crippen molar-refractivity contribution >= 4 is 35.6 Å². The molecule has 0 spiro atoms. The SMILES string of the molecule is CCOCCCN=C(NCCc1ccc2c(c1)OCO2)Nc1ccc2c(c1)OCCCO2.I. The fourth-order valence-corrected chi connectivity index (χ4v) is 3.44. The predicted molar refractivity (Wildman–Crippen MR) is 139 cm³/mol. The van der Waals surface area contributed by atoms with Crippen LogP contribution in [-0.2, 0) is 11.2 Å². The van der Waals surface area contributed by atoms with Crippen LogP contribution in [0.4, 0.5) is 5.69 Å². The van der Waals surface area contributed by atoms with Crippen LogP contribution in [-0.4, -0.2) is 52.3 Å². The molecule has 0 bridgehead atoms. The van der Waals surface area contributed by atoms with Crippen LogP contribution in [0.15, 0.2) is 41.4 Å². The molecule has 0 saturated heterocycles. The van der Waals surface area contributed by atoms with Gasteiger partial charge in [0.1, 0.15) is 0 Å². The van der Waals surface area contributed by atoms with E-state index in [1.807, 2.05) is 37.3 Å². The largest absolute Gasteiger partial charge is 0.490 e. The van der Waals surface area contributed by atoms with E-state index >= 15 is 0 Å². The third kappa shape index (κ3) is 7.56. The number of hydrogen-bond donors (Lipinski definition) is 2. The summed E-state index contributed by atoms with van der Waals surface area (Å²) in [5.74, 6) is 3.85. The van der Waals surface area contributed by atoms with Gasteiger partial charge in [-0.25, -0.2) is 0 Å². The Balaban J connectivity index is 0.00000306. The summed E-state index contributed by atoms with van der Waals surface area (Å²) >= 11 is 0. The Labute approximate surface area is 212 Å². The number of nitrogens with one attached hydrogen (secondary N) is 2. The zero-order valence-corrected chi connectivity index (χ0v) is 21.3. The first-order valence-electron chi connectivity index (χ1n) is 11.2. The molecule has 8 nitrogen and oxygen atoms in total. The maximum absolute atomic E-state index is 5.81. The Morgan fingerprint density at radius 1 is 0.970 bits per heavy atom. The number of hydrogen-bond acceptors (Lipinski definition) is 6. The van der Waals surface area contributed by atoms with E-state index in [0.717, 1.165) is 67.1 Å². The lowest BCUT2D eigenvalue weighted by Crippen LogP contribution is -2.32. The molecule has 180 valence electrons. The van der Waals surface area contributed by atoms with Gasteiger partial charge in [0.15, 0.2) is 29.0 Å². The lowest BCUT2D eigenvalue weighted by Gasteiger charge is -2.15. The molecule has 0 saturated carbocycles. The van der Waals surface area contributed by atoms with Crippen molar-refractivity contribution in [1.29, 1.82) is 0 Å². The summed E-state index contributed by atoms with van der Waals surface area (Å²) in [5, 5.41) is 6.81. The zero-order chi connectivity index (χ0) is 22.0. The average Bonchev–Trinajstić information content (AvgIpc) is 3.15. The van der Waals surface area contributed by atoms with Gasteiger partial charge in [-0.15, -0.1) is 24.0 Å². The fraction of sp³-hybridized carbons (Fsp3) is 0.458. The van der Waals surface area contributed by atoms with Crippen molar-refractivity contribution in [2.24, 2.45) is 4.99 Å². The molecule has 0 unspecified atom stereocenters. The van der Waals surface area contributed by atoms with E-state index in [-0.39, 0.29) is 30.8 Å². The fourth-order valence-electron chi connectivity index (χ4n) is 3.44. The number of fused-ring (bicyclic) bond motifs is 2. The first-order chi connectivity index (χ1) is 15.8. The van der Waals surface area contributed by atoms with Crippen molar-refractivity contribution in [3.8, 4) is 23.0 Å². The molecule has 2 aliphatic rings. The molecule has 2 heterocycles. The highest BCUT2D eigenvalue weighted by Gasteiger charge is 2.14. The summed E-state index contributed by atoms with van der Waals surface area (Å²) in [5.41, 5.74) is 2.07. The summed E-state index contributed by atoms with van der Waals surface area (Å²) in [4.78, 5) is 4.71. The number of rotatable bonds is 9. The summed E-state index contributed by atoms with van der Waals surface area (Å²) in [6, 6.07) is 11.9. The first-order valence-corrected chi connectivity index (χ1v) is 11.2. The quantitative estimate of drug-likeness (QED) is 0.203. The van der Waals surface area contributed by atoms with E-state index in [9.17, 15) is 0 Å². The Morgan fingerprint density at radius 2 is 1.73 bits per heavy atom. The molecule has 2 aromatic carbocycles. The van der Waals surface area contributed by atoms with Crippen LogP contribution >= 0.6 is 24.0 Å². The first kappa shape index (κ1) is 25.2. The van der Waals surface area contributed by atoms with Gasteiger partial charge in [-0.1, -0.05) is 6.07 Å². The van der Waals surface area contributed by atoms with Gasteiger partial charge in [-0.2, -0.15) is 0 Å². The molecular formula is C24H32IN3O5. The molecule has 2 N–H and O–H groups in total. The number of benzene rings is 2. The summed E-state index contributed by atoms with van der Waals surface area (Å²) in [6.07, 6.45) is 2.58. The second-order valence-corrected chi connectivity index (χ2v) is 7.48. The number of halogens is 1. The summed E-state index contributed by atoms with van der Waals surface area (Å²) in [6.45, 7) is 6.43. The molecule has 2 aliphatic heterocycles. The maximum atomic E-state index is 5.81. The van der Waals surface area contributed by atoms with E-state index in [4.69, 9.17) is 28.7 Å². The molecule has 4 rings (SSSR count). The minimum atomic E-state index is 0. The van der Waals surface area contributed by atoms with Crippen molar-refractivity contribution in [3.05, 3.63) is 42.0 Å². The second-order valence-electron chi connectivity index (χ2n) is 7.48. The van der Waals surface area contributed by atoms with Gasteiger partial charge in [0.05, 0.1) is 13.2 Å². The van der Waals surface area contributed by atoms with Crippen molar-refractivity contribution in [2.75, 3.05) is 51.6 Å². The molecule has 2 aromatic rings. The van der Waals surface area contributed by atoms with Gasteiger partial charge in [-0.3, -0.25) is 4.99 Å². The van der Waals surface area contributed by atoms with Crippen molar-refractivity contribution in [1.82, 2.24) is 5.32 Å². The van der Waals surface area contributed by atoms with Crippen LogP contribution in [0.25, 0.3) is 0 Å². The molecule has 0 aromatic heterocycles. The molecule has 33 heavy (non-hydrogen) atoms. The number of nitrogens with zero attached hydrogens (tertiary/aromatic N) is 1. The molecule has 9 heteroatoms. The lowest BCUT2D eigenvalue weighted by atomic mass is 10.1. The predicted octanol–water partition coefficient (Wildman–Crippen LogP) is 4.22. The molecule has 0 atom stereocenters. The monoisotopic (exact) mass is 569 g/mol.